The highest BCUT2D eigenvalue weighted by molar-refractivity contribution is 5.76. The summed E-state index contributed by atoms with van der Waals surface area (Å²) < 4.78 is 5.70. The molecule has 0 aliphatic carbocycles. The van der Waals surface area contributed by atoms with Crippen LogP contribution < -0.4 is 5.32 Å². The molecule has 64 heavy (non-hydrogen) atoms. The van der Waals surface area contributed by atoms with Crippen molar-refractivity contribution in [2.45, 2.75) is 339 Å². The van der Waals surface area contributed by atoms with Gasteiger partial charge in [0.25, 0.3) is 0 Å². The van der Waals surface area contributed by atoms with Crippen LogP contribution in [0.1, 0.15) is 290 Å². The van der Waals surface area contributed by atoms with Crippen LogP contribution in [0.3, 0.4) is 0 Å². The number of aliphatic hydroxyl groups excluding tert-OH is 6. The molecule has 1 amide bonds. The van der Waals surface area contributed by atoms with E-state index in [1.807, 2.05) is 0 Å². The lowest BCUT2D eigenvalue weighted by Crippen LogP contribution is -2.59. The van der Waals surface area contributed by atoms with Crippen LogP contribution in [0.2, 0.25) is 0 Å². The summed E-state index contributed by atoms with van der Waals surface area (Å²) in [5, 5.41) is 66.0. The monoisotopic (exact) mass is 912 g/mol. The van der Waals surface area contributed by atoms with E-state index in [2.05, 4.69) is 19.2 Å². The van der Waals surface area contributed by atoms with Crippen LogP contribution in [0.4, 0.5) is 0 Å². The second kappa shape index (κ2) is 44.7. The molecule has 0 aromatic carbocycles. The van der Waals surface area contributed by atoms with Gasteiger partial charge in [-0.2, -0.15) is 0 Å². The highest BCUT2D eigenvalue weighted by Gasteiger charge is 2.43. The molecule has 0 bridgehead atoms. The zero-order chi connectivity index (χ0) is 46.7. The summed E-state index contributed by atoms with van der Waals surface area (Å²) in [7, 11) is 0. The Labute approximate surface area is 395 Å². The van der Waals surface area contributed by atoms with E-state index in [4.69, 9.17) is 4.74 Å². The summed E-state index contributed by atoms with van der Waals surface area (Å²) in [6.45, 7) is 4.04. The molecule has 8 atom stereocenters. The van der Waals surface area contributed by atoms with Crippen LogP contribution in [0.25, 0.3) is 0 Å². The number of ether oxygens (including phenoxy) is 1. The Morgan fingerprint density at radius 3 is 1.09 bits per heavy atom. The van der Waals surface area contributed by atoms with E-state index < -0.39 is 55.4 Å². The first-order valence-corrected chi connectivity index (χ1v) is 28.2. The van der Waals surface area contributed by atoms with Gasteiger partial charge in [0.15, 0.2) is 0 Å². The number of nitrogens with one attached hydrogen (secondary N) is 1. The zero-order valence-electron chi connectivity index (χ0n) is 42.2. The molecule has 0 spiro atoms. The Morgan fingerprint density at radius 2 is 0.750 bits per heavy atom. The van der Waals surface area contributed by atoms with Crippen LogP contribution in [-0.2, 0) is 9.53 Å². The van der Waals surface area contributed by atoms with Crippen molar-refractivity contribution in [1.82, 2.24) is 5.32 Å². The maximum atomic E-state index is 13.1. The number of hydrogen-bond donors (Lipinski definition) is 7. The van der Waals surface area contributed by atoms with Crippen molar-refractivity contribution >= 4 is 5.91 Å². The van der Waals surface area contributed by atoms with E-state index in [1.54, 1.807) is 0 Å². The predicted molar refractivity (Wildman–Crippen MR) is 268 cm³/mol. The van der Waals surface area contributed by atoms with Gasteiger partial charge in [-0.05, 0) is 25.7 Å². The molecule has 1 aliphatic rings. The lowest BCUT2D eigenvalue weighted by Gasteiger charge is -2.40. The first-order chi connectivity index (χ1) is 31.3. The van der Waals surface area contributed by atoms with E-state index >= 15 is 0 Å². The molecule has 1 fully saturated rings. The van der Waals surface area contributed by atoms with Crippen molar-refractivity contribution in [3.05, 3.63) is 0 Å². The lowest BCUT2D eigenvalue weighted by molar-refractivity contribution is -0.231. The molecule has 0 aromatic rings. The maximum absolute atomic E-state index is 13.1. The van der Waals surface area contributed by atoms with Crippen molar-refractivity contribution < 1.29 is 40.2 Å². The Kier molecular flexibility index (Phi) is 42.7. The molecule has 1 rings (SSSR count). The number of aliphatic hydroxyl groups is 6. The van der Waals surface area contributed by atoms with Gasteiger partial charge in [0.2, 0.25) is 5.91 Å². The molecule has 0 saturated carbocycles. The van der Waals surface area contributed by atoms with Crippen LogP contribution >= 0.6 is 0 Å². The van der Waals surface area contributed by atoms with Crippen LogP contribution in [0.5, 0.6) is 0 Å². The average molecular weight is 912 g/mol. The highest BCUT2D eigenvalue weighted by Crippen LogP contribution is 2.26. The van der Waals surface area contributed by atoms with Crippen molar-refractivity contribution in [2.75, 3.05) is 6.61 Å². The summed E-state index contributed by atoms with van der Waals surface area (Å²) in [6, 6.07) is -0.763. The standard InChI is InChI=1S/C55H109NO8/c1-3-5-7-9-11-13-15-17-19-20-21-22-23-24-25-26-27-29-31-33-35-37-39-41-43-51(59)56-47(44-45-49-53(61)55(63)54(62)50(46-57)64-49)52(60)48(58)42-40-38-36-34-32-30-28-18-16-14-12-10-8-6-4-2/h47-50,52-55,57-58,60-63H,3-46H2,1-2H3,(H,56,59)/t47-,48+,49+,50+,52-,53-,54-,55+/m0/s1. The van der Waals surface area contributed by atoms with Gasteiger partial charge in [0.05, 0.1) is 31.0 Å². The van der Waals surface area contributed by atoms with E-state index in [1.165, 1.54) is 212 Å². The number of carbonyl (C=O) groups excluding carboxylic acids is 1. The molecule has 9 heteroatoms. The first-order valence-electron chi connectivity index (χ1n) is 28.2. The minimum atomic E-state index is -1.48. The summed E-state index contributed by atoms with van der Waals surface area (Å²) in [6.07, 6.45) is 43.4. The molecule has 1 heterocycles. The number of amides is 1. The molecular formula is C55H109NO8. The second-order valence-corrected chi connectivity index (χ2v) is 20.3. The van der Waals surface area contributed by atoms with Gasteiger partial charge in [-0.1, -0.05) is 258 Å². The molecule has 1 saturated heterocycles. The molecule has 0 unspecified atom stereocenters. The molecular weight excluding hydrogens is 803 g/mol. The number of carbonyl (C=O) groups is 1. The fraction of sp³-hybridized carbons (Fsp3) is 0.982. The van der Waals surface area contributed by atoms with Crippen molar-refractivity contribution in [3.63, 3.8) is 0 Å². The predicted octanol–water partition coefficient (Wildman–Crippen LogP) is 12.8. The third-order valence-corrected chi connectivity index (χ3v) is 14.3. The van der Waals surface area contributed by atoms with Gasteiger partial charge in [-0.15, -0.1) is 0 Å². The summed E-state index contributed by atoms with van der Waals surface area (Å²) in [4.78, 5) is 13.1. The molecule has 0 radical (unpaired) electrons. The van der Waals surface area contributed by atoms with Gasteiger partial charge in [-0.25, -0.2) is 0 Å². The van der Waals surface area contributed by atoms with E-state index in [0.717, 1.165) is 38.5 Å². The smallest absolute Gasteiger partial charge is 0.220 e. The van der Waals surface area contributed by atoms with Crippen molar-refractivity contribution in [2.24, 2.45) is 0 Å². The van der Waals surface area contributed by atoms with Gasteiger partial charge >= 0.3 is 0 Å². The second-order valence-electron chi connectivity index (χ2n) is 20.3. The van der Waals surface area contributed by atoms with Gasteiger partial charge in [0.1, 0.15) is 24.4 Å². The van der Waals surface area contributed by atoms with Crippen LogP contribution in [0, 0.1) is 0 Å². The molecule has 382 valence electrons. The maximum Gasteiger partial charge on any atom is 0.220 e. The quantitative estimate of drug-likeness (QED) is 0.0297. The van der Waals surface area contributed by atoms with Crippen LogP contribution in [-0.4, -0.2) is 91.9 Å². The third kappa shape index (κ3) is 33.6. The van der Waals surface area contributed by atoms with Gasteiger partial charge in [-0.3, -0.25) is 4.79 Å². The normalized spacial score (nSPS) is 20.4. The van der Waals surface area contributed by atoms with Gasteiger partial charge in [0, 0.05) is 6.42 Å². The van der Waals surface area contributed by atoms with Crippen molar-refractivity contribution in [3.8, 4) is 0 Å². The summed E-state index contributed by atoms with van der Waals surface area (Å²) in [5.41, 5.74) is 0. The zero-order valence-corrected chi connectivity index (χ0v) is 42.2. The minimum Gasteiger partial charge on any atom is -0.394 e. The Hall–Kier alpha value is -0.810. The van der Waals surface area contributed by atoms with Crippen molar-refractivity contribution in [1.29, 1.82) is 0 Å². The Bertz CT molecular complexity index is 986. The first kappa shape index (κ1) is 61.2. The number of hydrogen-bond acceptors (Lipinski definition) is 8. The highest BCUT2D eigenvalue weighted by atomic mass is 16.5. The van der Waals surface area contributed by atoms with Crippen LogP contribution in [0.15, 0.2) is 0 Å². The molecule has 0 aromatic heterocycles. The largest absolute Gasteiger partial charge is 0.394 e. The topological polar surface area (TPSA) is 160 Å². The summed E-state index contributed by atoms with van der Waals surface area (Å²) in [5.74, 6) is -0.171. The van der Waals surface area contributed by atoms with Gasteiger partial charge < -0.3 is 40.7 Å². The summed E-state index contributed by atoms with van der Waals surface area (Å²) >= 11 is 0. The number of unbranched alkanes of at least 4 members (excludes halogenated alkanes) is 37. The van der Waals surface area contributed by atoms with E-state index in [0.29, 0.717) is 12.8 Å². The minimum absolute atomic E-state index is 0.161. The molecule has 7 N–H and O–H groups in total. The fourth-order valence-electron chi connectivity index (χ4n) is 9.78. The Morgan fingerprint density at radius 1 is 0.438 bits per heavy atom. The number of rotatable bonds is 48. The third-order valence-electron chi connectivity index (χ3n) is 14.3. The SMILES string of the molecule is CCCCCCCCCCCCCCCCCCCCCCCCCCC(=O)N[C@@H](CC[C@H]1O[C@H](CO)[C@H](O)[C@H](O)[C@H]1O)[C@H](O)[C@H](O)CCCCCCCCCCCCCCCCC. The average Bonchev–Trinajstić information content (AvgIpc) is 3.29. The lowest BCUT2D eigenvalue weighted by atomic mass is 9.90. The molecule has 1 aliphatic heterocycles. The van der Waals surface area contributed by atoms with E-state index in [9.17, 15) is 35.4 Å². The fourth-order valence-corrected chi connectivity index (χ4v) is 9.78. The Balaban J connectivity index is 2.24. The van der Waals surface area contributed by atoms with E-state index in [-0.39, 0.29) is 18.7 Å². The molecule has 9 nitrogen and oxygen atoms in total.